The van der Waals surface area contributed by atoms with Crippen LogP contribution in [0.1, 0.15) is 128 Å². The molecule has 0 aromatic heterocycles. The normalized spacial score (nSPS) is 30.4. The monoisotopic (exact) mass is 482 g/mol. The van der Waals surface area contributed by atoms with Crippen molar-refractivity contribution >= 4 is 5.78 Å². The smallest absolute Gasteiger partial charge is 0.153 e. The van der Waals surface area contributed by atoms with E-state index in [-0.39, 0.29) is 32.5 Å². The van der Waals surface area contributed by atoms with Gasteiger partial charge in [0.1, 0.15) is 0 Å². The maximum Gasteiger partial charge on any atom is 0.153 e. The minimum atomic E-state index is -0.279. The van der Waals surface area contributed by atoms with Gasteiger partial charge in [0.15, 0.2) is 5.78 Å². The summed E-state index contributed by atoms with van der Waals surface area (Å²) in [7, 11) is 0. The second-order valence-electron chi connectivity index (χ2n) is 15.3. The highest BCUT2D eigenvalue weighted by molar-refractivity contribution is 6.03. The summed E-state index contributed by atoms with van der Waals surface area (Å²) < 4.78 is 0. The zero-order valence-corrected chi connectivity index (χ0v) is 24.4. The van der Waals surface area contributed by atoms with E-state index in [0.29, 0.717) is 17.6 Å². The summed E-state index contributed by atoms with van der Waals surface area (Å²) in [5.74, 6) is 1.63. The first-order valence-corrected chi connectivity index (χ1v) is 14.4. The van der Waals surface area contributed by atoms with Gasteiger partial charge in [0.25, 0.3) is 0 Å². The van der Waals surface area contributed by atoms with Gasteiger partial charge in [-0.3, -0.25) is 4.79 Å². The maximum absolute atomic E-state index is 14.5. The van der Waals surface area contributed by atoms with Crippen molar-refractivity contribution in [3.8, 4) is 0 Å². The predicted molar refractivity (Wildman–Crippen MR) is 150 cm³/mol. The van der Waals surface area contributed by atoms with Gasteiger partial charge in [0.2, 0.25) is 0 Å². The van der Waals surface area contributed by atoms with Gasteiger partial charge in [-0.05, 0) is 92.6 Å². The Bertz CT molecular complexity index is 1190. The summed E-state index contributed by atoms with van der Waals surface area (Å²) >= 11 is 0. The van der Waals surface area contributed by atoms with Gasteiger partial charge in [-0.15, -0.1) is 0 Å². The SMILES string of the molecule is CC1C(C)(C)c2ccc(C3(C(=O)C4(c5ccc6c(c5)C(C)(C)C(C)C6(C)C)CC4)CC3)cc2C1(C)C. The number of carbonyl (C=O) groups excluding carboxylic acids is 1. The summed E-state index contributed by atoms with van der Waals surface area (Å²) in [6, 6.07) is 14.2. The van der Waals surface area contributed by atoms with Crippen molar-refractivity contribution in [2.75, 3.05) is 0 Å². The highest BCUT2D eigenvalue weighted by Gasteiger charge is 2.64. The molecule has 0 amide bonds. The van der Waals surface area contributed by atoms with Crippen LogP contribution in [0, 0.1) is 11.8 Å². The van der Waals surface area contributed by atoms with E-state index in [0.717, 1.165) is 25.7 Å². The average molecular weight is 483 g/mol. The zero-order chi connectivity index (χ0) is 26.3. The fraction of sp³-hybridized carbons (Fsp3) is 0.629. The van der Waals surface area contributed by atoms with Crippen LogP contribution in [0.4, 0.5) is 0 Å². The molecule has 0 saturated heterocycles. The van der Waals surface area contributed by atoms with Gasteiger partial charge in [-0.25, -0.2) is 0 Å². The van der Waals surface area contributed by atoms with Gasteiger partial charge in [-0.1, -0.05) is 106 Å². The summed E-state index contributed by atoms with van der Waals surface area (Å²) in [5.41, 5.74) is 8.48. The van der Waals surface area contributed by atoms with Gasteiger partial charge >= 0.3 is 0 Å². The Labute approximate surface area is 219 Å². The number of carbonyl (C=O) groups is 1. The molecule has 0 heterocycles. The average Bonchev–Trinajstić information content (AvgIpc) is 3.74. The molecule has 0 N–H and O–H groups in total. The highest BCUT2D eigenvalue weighted by Crippen LogP contribution is 2.63. The Morgan fingerprint density at radius 2 is 0.861 bits per heavy atom. The Morgan fingerprint density at radius 1 is 0.556 bits per heavy atom. The second kappa shape index (κ2) is 6.75. The third-order valence-electron chi connectivity index (χ3n) is 12.6. The lowest BCUT2D eigenvalue weighted by Gasteiger charge is -2.32. The third-order valence-corrected chi connectivity index (χ3v) is 12.6. The Balaban J connectivity index is 1.40. The lowest BCUT2D eigenvalue weighted by Crippen LogP contribution is -2.33. The fourth-order valence-electron chi connectivity index (χ4n) is 8.61. The Hall–Kier alpha value is -1.89. The van der Waals surface area contributed by atoms with Crippen molar-refractivity contribution in [3.05, 3.63) is 69.8 Å². The van der Waals surface area contributed by atoms with Gasteiger partial charge in [0.05, 0.1) is 10.8 Å². The molecule has 0 radical (unpaired) electrons. The predicted octanol–water partition coefficient (Wildman–Crippen LogP) is 8.43. The molecule has 2 saturated carbocycles. The number of benzene rings is 2. The number of hydrogen-bond acceptors (Lipinski definition) is 1. The molecule has 1 nitrogen and oxygen atoms in total. The van der Waals surface area contributed by atoms with Crippen LogP contribution in [0.3, 0.4) is 0 Å². The van der Waals surface area contributed by atoms with Crippen LogP contribution in [0.15, 0.2) is 36.4 Å². The Morgan fingerprint density at radius 3 is 1.17 bits per heavy atom. The number of rotatable bonds is 4. The van der Waals surface area contributed by atoms with Crippen molar-refractivity contribution in [2.24, 2.45) is 11.8 Å². The first-order valence-electron chi connectivity index (χ1n) is 14.4. The molecule has 36 heavy (non-hydrogen) atoms. The molecule has 0 bridgehead atoms. The molecule has 0 aliphatic heterocycles. The van der Waals surface area contributed by atoms with Crippen molar-refractivity contribution in [1.29, 1.82) is 0 Å². The van der Waals surface area contributed by atoms with Gasteiger partial charge in [-0.2, -0.15) is 0 Å². The number of ketones is 1. The molecule has 6 rings (SSSR count). The molecule has 192 valence electrons. The molecule has 2 aromatic carbocycles. The molecule has 2 unspecified atom stereocenters. The molecule has 0 spiro atoms. The Kier molecular flexibility index (Phi) is 4.58. The summed E-state index contributed by atoms with van der Waals surface area (Å²) in [4.78, 5) is 14.5. The van der Waals surface area contributed by atoms with Crippen molar-refractivity contribution in [2.45, 2.75) is 127 Å². The van der Waals surface area contributed by atoms with E-state index in [1.54, 1.807) is 0 Å². The third kappa shape index (κ3) is 2.76. The molecular weight excluding hydrogens is 436 g/mol. The van der Waals surface area contributed by atoms with Crippen LogP contribution in [-0.2, 0) is 37.3 Å². The zero-order valence-electron chi connectivity index (χ0n) is 24.4. The van der Waals surface area contributed by atoms with Crippen LogP contribution in [0.25, 0.3) is 0 Å². The van der Waals surface area contributed by atoms with Crippen LogP contribution < -0.4 is 0 Å². The van der Waals surface area contributed by atoms with E-state index in [4.69, 9.17) is 0 Å². The minimum absolute atomic E-state index is 0.125. The summed E-state index contributed by atoms with van der Waals surface area (Å²) in [6.45, 7) is 23.9. The molecular formula is C35H46O. The number of fused-ring (bicyclic) bond motifs is 2. The first kappa shape index (κ1) is 24.4. The van der Waals surface area contributed by atoms with E-state index >= 15 is 0 Å². The molecule has 2 fully saturated rings. The standard InChI is InChI=1S/C35H46O/c1-21-30(3,4)25-13-11-23(19-27(25)32(21,7)8)34(15-16-34)29(36)35(17-18-35)24-12-14-26-28(20-24)33(9,10)22(2)31(26,5)6/h11-14,19-22H,15-18H2,1-10H3. The van der Waals surface area contributed by atoms with Gasteiger partial charge < -0.3 is 0 Å². The van der Waals surface area contributed by atoms with Crippen LogP contribution in [0.5, 0.6) is 0 Å². The van der Waals surface area contributed by atoms with Crippen molar-refractivity contribution in [3.63, 3.8) is 0 Å². The van der Waals surface area contributed by atoms with Crippen molar-refractivity contribution in [1.82, 2.24) is 0 Å². The highest BCUT2D eigenvalue weighted by atomic mass is 16.1. The van der Waals surface area contributed by atoms with E-state index < -0.39 is 0 Å². The van der Waals surface area contributed by atoms with E-state index in [2.05, 4.69) is 106 Å². The largest absolute Gasteiger partial charge is 0.298 e. The second-order valence-corrected chi connectivity index (χ2v) is 15.3. The van der Waals surface area contributed by atoms with Crippen LogP contribution in [0.2, 0.25) is 0 Å². The fourth-order valence-corrected chi connectivity index (χ4v) is 8.61. The van der Waals surface area contributed by atoms with Gasteiger partial charge in [0, 0.05) is 0 Å². The quantitative estimate of drug-likeness (QED) is 0.427. The van der Waals surface area contributed by atoms with Crippen LogP contribution >= 0.6 is 0 Å². The maximum atomic E-state index is 14.5. The van der Waals surface area contributed by atoms with E-state index in [9.17, 15) is 4.79 Å². The number of Topliss-reactive ketones (excluding diaryl/α,β-unsaturated/α-hetero) is 1. The molecule has 4 aliphatic carbocycles. The summed E-state index contributed by atoms with van der Waals surface area (Å²) in [5, 5.41) is 0. The minimum Gasteiger partial charge on any atom is -0.298 e. The topological polar surface area (TPSA) is 17.1 Å². The summed E-state index contributed by atoms with van der Waals surface area (Å²) in [6.07, 6.45) is 4.02. The first-order chi connectivity index (χ1) is 16.5. The number of hydrogen-bond donors (Lipinski definition) is 0. The van der Waals surface area contributed by atoms with E-state index in [1.165, 1.54) is 33.4 Å². The van der Waals surface area contributed by atoms with E-state index in [1.807, 2.05) is 0 Å². The molecule has 2 atom stereocenters. The lowest BCUT2D eigenvalue weighted by atomic mass is 9.71. The molecule has 4 aliphatic rings. The molecule has 2 aromatic rings. The van der Waals surface area contributed by atoms with Crippen molar-refractivity contribution < 1.29 is 4.79 Å². The molecule has 1 heteroatoms. The van der Waals surface area contributed by atoms with Crippen LogP contribution in [-0.4, -0.2) is 5.78 Å². The lowest BCUT2D eigenvalue weighted by molar-refractivity contribution is -0.124.